The van der Waals surface area contributed by atoms with Crippen LogP contribution in [0.25, 0.3) is 27.7 Å². The molecule has 0 spiro atoms. The van der Waals surface area contributed by atoms with Gasteiger partial charge >= 0.3 is 0 Å². The molecule has 0 amide bonds. The number of benzene rings is 1. The molecule has 0 aliphatic heterocycles. The first kappa shape index (κ1) is 12.1. The highest BCUT2D eigenvalue weighted by atomic mass is 15.2. The lowest BCUT2D eigenvalue weighted by molar-refractivity contribution is 0.617. The Morgan fingerprint density at radius 3 is 2.71 bits per heavy atom. The van der Waals surface area contributed by atoms with E-state index in [4.69, 9.17) is 0 Å². The third-order valence-corrected chi connectivity index (χ3v) is 3.86. The van der Waals surface area contributed by atoms with Crippen molar-refractivity contribution in [1.29, 1.82) is 0 Å². The highest BCUT2D eigenvalue weighted by Gasteiger charge is 2.08. The van der Waals surface area contributed by atoms with Gasteiger partial charge in [0.15, 0.2) is 0 Å². The summed E-state index contributed by atoms with van der Waals surface area (Å²) in [4.78, 5) is 4.47. The Hall–Kier alpha value is -2.62. The number of fused-ring (bicyclic) bond motifs is 2. The maximum absolute atomic E-state index is 4.47. The van der Waals surface area contributed by atoms with E-state index in [-0.39, 0.29) is 0 Å². The molecule has 4 aromatic rings. The quantitative estimate of drug-likeness (QED) is 0.556. The average molecular weight is 276 g/mol. The SMILES string of the molecule is CC(C)n1cnc2ccc(-c3ccn4nccc4c3)cc21. The number of rotatable bonds is 2. The Labute approximate surface area is 122 Å². The lowest BCUT2D eigenvalue weighted by Gasteiger charge is -2.09. The summed E-state index contributed by atoms with van der Waals surface area (Å²) in [5.74, 6) is 0. The zero-order valence-electron chi connectivity index (χ0n) is 12.1. The largest absolute Gasteiger partial charge is 0.328 e. The summed E-state index contributed by atoms with van der Waals surface area (Å²) in [5.41, 5.74) is 5.72. The molecule has 0 fully saturated rings. The van der Waals surface area contributed by atoms with E-state index < -0.39 is 0 Å². The summed E-state index contributed by atoms with van der Waals surface area (Å²) in [7, 11) is 0. The van der Waals surface area contributed by atoms with Crippen molar-refractivity contribution in [3.63, 3.8) is 0 Å². The topological polar surface area (TPSA) is 35.1 Å². The predicted octanol–water partition coefficient (Wildman–Crippen LogP) is 3.93. The van der Waals surface area contributed by atoms with E-state index in [1.165, 1.54) is 16.6 Å². The van der Waals surface area contributed by atoms with E-state index in [0.29, 0.717) is 6.04 Å². The number of pyridine rings is 1. The molecule has 4 rings (SSSR count). The molecule has 0 aliphatic rings. The van der Waals surface area contributed by atoms with Crippen LogP contribution in [0.3, 0.4) is 0 Å². The monoisotopic (exact) mass is 276 g/mol. The van der Waals surface area contributed by atoms with Gasteiger partial charge in [-0.15, -0.1) is 0 Å². The number of aromatic nitrogens is 4. The molecule has 0 saturated carbocycles. The maximum Gasteiger partial charge on any atom is 0.0960 e. The summed E-state index contributed by atoms with van der Waals surface area (Å²) in [6.07, 6.45) is 5.73. The van der Waals surface area contributed by atoms with E-state index in [9.17, 15) is 0 Å². The summed E-state index contributed by atoms with van der Waals surface area (Å²) < 4.78 is 4.08. The van der Waals surface area contributed by atoms with Gasteiger partial charge in [-0.25, -0.2) is 9.50 Å². The summed E-state index contributed by atoms with van der Waals surface area (Å²) in [6.45, 7) is 4.35. The summed E-state index contributed by atoms with van der Waals surface area (Å²) in [5, 5.41) is 4.24. The van der Waals surface area contributed by atoms with Gasteiger partial charge in [0.2, 0.25) is 0 Å². The molecule has 0 aliphatic carbocycles. The Balaban J connectivity index is 1.90. The Bertz CT molecular complexity index is 930. The molecule has 4 heteroatoms. The Morgan fingerprint density at radius 2 is 1.86 bits per heavy atom. The van der Waals surface area contributed by atoms with Crippen molar-refractivity contribution in [3.8, 4) is 11.1 Å². The van der Waals surface area contributed by atoms with Crippen molar-refractivity contribution in [3.05, 3.63) is 55.1 Å². The van der Waals surface area contributed by atoms with Crippen molar-refractivity contribution in [2.75, 3.05) is 0 Å². The van der Waals surface area contributed by atoms with Crippen molar-refractivity contribution in [1.82, 2.24) is 19.2 Å². The van der Waals surface area contributed by atoms with Crippen LogP contribution < -0.4 is 0 Å². The first-order valence-corrected chi connectivity index (χ1v) is 7.13. The first-order chi connectivity index (χ1) is 10.2. The lowest BCUT2D eigenvalue weighted by Crippen LogP contribution is -1.98. The van der Waals surface area contributed by atoms with Crippen LogP contribution >= 0.6 is 0 Å². The minimum Gasteiger partial charge on any atom is -0.328 e. The molecule has 3 heterocycles. The van der Waals surface area contributed by atoms with Crippen LogP contribution in [0.15, 0.2) is 55.1 Å². The van der Waals surface area contributed by atoms with Crippen LogP contribution in [-0.2, 0) is 0 Å². The molecule has 0 bridgehead atoms. The van der Waals surface area contributed by atoms with Gasteiger partial charge in [0, 0.05) is 18.4 Å². The van der Waals surface area contributed by atoms with Crippen LogP contribution in [0.4, 0.5) is 0 Å². The second kappa shape index (κ2) is 4.45. The van der Waals surface area contributed by atoms with Gasteiger partial charge in [0.1, 0.15) is 0 Å². The first-order valence-electron chi connectivity index (χ1n) is 7.13. The fraction of sp³-hybridized carbons (Fsp3) is 0.176. The normalized spacial score (nSPS) is 11.8. The fourth-order valence-corrected chi connectivity index (χ4v) is 2.72. The van der Waals surface area contributed by atoms with Crippen molar-refractivity contribution >= 4 is 16.6 Å². The van der Waals surface area contributed by atoms with E-state index in [1.807, 2.05) is 29.3 Å². The average Bonchev–Trinajstić information content (AvgIpc) is 3.12. The van der Waals surface area contributed by atoms with Crippen molar-refractivity contribution < 1.29 is 0 Å². The van der Waals surface area contributed by atoms with Gasteiger partial charge in [-0.1, -0.05) is 6.07 Å². The molecule has 3 aromatic heterocycles. The van der Waals surface area contributed by atoms with Gasteiger partial charge < -0.3 is 4.57 Å². The zero-order chi connectivity index (χ0) is 14.4. The standard InChI is InChI=1S/C17H16N4/c1-12(2)20-11-18-16-4-3-13(10-17(16)20)14-6-8-21-15(9-14)5-7-19-21/h3-12H,1-2H3. The molecular weight excluding hydrogens is 260 g/mol. The van der Waals surface area contributed by atoms with Gasteiger partial charge in [-0.05, 0) is 55.3 Å². The number of imidazole rings is 1. The molecular formula is C17H16N4. The molecule has 0 atom stereocenters. The second-order valence-corrected chi connectivity index (χ2v) is 5.57. The van der Waals surface area contributed by atoms with E-state index in [1.54, 1.807) is 0 Å². The highest BCUT2D eigenvalue weighted by Crippen LogP contribution is 2.26. The molecule has 21 heavy (non-hydrogen) atoms. The van der Waals surface area contributed by atoms with Crippen LogP contribution in [-0.4, -0.2) is 19.2 Å². The number of hydrogen-bond donors (Lipinski definition) is 0. The predicted molar refractivity (Wildman–Crippen MR) is 84.3 cm³/mol. The van der Waals surface area contributed by atoms with Crippen molar-refractivity contribution in [2.45, 2.75) is 19.9 Å². The lowest BCUT2D eigenvalue weighted by atomic mass is 10.1. The van der Waals surface area contributed by atoms with Crippen LogP contribution in [0.5, 0.6) is 0 Å². The molecule has 0 radical (unpaired) electrons. The molecule has 104 valence electrons. The maximum atomic E-state index is 4.47. The third-order valence-electron chi connectivity index (χ3n) is 3.86. The van der Waals surface area contributed by atoms with Gasteiger partial charge in [0.05, 0.1) is 22.9 Å². The third kappa shape index (κ3) is 1.91. The van der Waals surface area contributed by atoms with Crippen molar-refractivity contribution in [2.24, 2.45) is 0 Å². The van der Waals surface area contributed by atoms with Crippen LogP contribution in [0.1, 0.15) is 19.9 Å². The van der Waals surface area contributed by atoms with E-state index >= 15 is 0 Å². The molecule has 0 saturated heterocycles. The van der Waals surface area contributed by atoms with Crippen LogP contribution in [0.2, 0.25) is 0 Å². The van der Waals surface area contributed by atoms with Gasteiger partial charge in [0.25, 0.3) is 0 Å². The summed E-state index contributed by atoms with van der Waals surface area (Å²) >= 11 is 0. The number of nitrogens with zero attached hydrogens (tertiary/aromatic N) is 4. The Morgan fingerprint density at radius 1 is 1.00 bits per heavy atom. The van der Waals surface area contributed by atoms with E-state index in [0.717, 1.165) is 11.0 Å². The Kier molecular flexibility index (Phi) is 2.57. The second-order valence-electron chi connectivity index (χ2n) is 5.57. The molecule has 4 nitrogen and oxygen atoms in total. The summed E-state index contributed by atoms with van der Waals surface area (Å²) in [6, 6.07) is 13.1. The minimum absolute atomic E-state index is 0.405. The molecule has 0 N–H and O–H groups in total. The fourth-order valence-electron chi connectivity index (χ4n) is 2.72. The van der Waals surface area contributed by atoms with E-state index in [2.05, 4.69) is 58.8 Å². The smallest absolute Gasteiger partial charge is 0.0960 e. The molecule has 0 unspecified atom stereocenters. The highest BCUT2D eigenvalue weighted by molar-refractivity contribution is 5.83. The van der Waals surface area contributed by atoms with Gasteiger partial charge in [-0.3, -0.25) is 0 Å². The zero-order valence-corrected chi connectivity index (χ0v) is 12.1. The van der Waals surface area contributed by atoms with Gasteiger partial charge in [-0.2, -0.15) is 5.10 Å². The molecule has 1 aromatic carbocycles. The van der Waals surface area contributed by atoms with Crippen LogP contribution in [0, 0.1) is 0 Å². The number of hydrogen-bond acceptors (Lipinski definition) is 2. The minimum atomic E-state index is 0.405.